The van der Waals surface area contributed by atoms with Crippen LogP contribution >= 0.6 is 11.6 Å². The van der Waals surface area contributed by atoms with E-state index < -0.39 is 0 Å². The third-order valence-electron chi connectivity index (χ3n) is 6.15. The summed E-state index contributed by atoms with van der Waals surface area (Å²) in [6, 6.07) is 0. The molecule has 0 fully saturated rings. The zero-order valence-corrected chi connectivity index (χ0v) is 29.3. The van der Waals surface area contributed by atoms with Crippen molar-refractivity contribution in [1.29, 1.82) is 0 Å². The molecule has 0 amide bonds. The molecule has 13 nitrogen and oxygen atoms in total. The molecule has 1 unspecified atom stereocenters. The topological polar surface area (TPSA) is 128 Å². The maximum Gasteiger partial charge on any atom is 0.308 e. The molecule has 1 atom stereocenters. The van der Waals surface area contributed by atoms with Gasteiger partial charge in [-0.15, -0.1) is 11.6 Å². The number of carbonyl (C=O) groups is 1. The van der Waals surface area contributed by atoms with Gasteiger partial charge in [0.25, 0.3) is 0 Å². The fourth-order valence-electron chi connectivity index (χ4n) is 3.61. The number of esters is 1. The summed E-state index contributed by atoms with van der Waals surface area (Å²) in [4.78, 5) is 12.0. The fraction of sp³-hybridized carbons (Fsp3) is 0.969. The van der Waals surface area contributed by atoms with Crippen LogP contribution in [-0.2, 0) is 61.6 Å². The van der Waals surface area contributed by atoms with Gasteiger partial charge in [0.05, 0.1) is 151 Å². The first kappa shape index (κ1) is 45.3. The Hall–Kier alpha value is -0.680. The second-order valence-electron chi connectivity index (χ2n) is 9.84. The molecule has 0 aromatic carbocycles. The number of hydrogen-bond acceptors (Lipinski definition) is 13. The highest BCUT2D eigenvalue weighted by atomic mass is 35.5. The molecule has 0 saturated carbocycles. The molecule has 0 rings (SSSR count). The molecule has 0 heterocycles. The highest BCUT2D eigenvalue weighted by Crippen LogP contribution is 2.14. The average Bonchev–Trinajstić information content (AvgIpc) is 3.06. The number of halogens is 1. The van der Waals surface area contributed by atoms with E-state index in [4.69, 9.17) is 68.4 Å². The van der Waals surface area contributed by atoms with E-state index in [0.29, 0.717) is 151 Å². The molecule has 0 bridgehead atoms. The summed E-state index contributed by atoms with van der Waals surface area (Å²) in [6.45, 7) is 15.4. The zero-order chi connectivity index (χ0) is 33.4. The Labute approximate surface area is 282 Å². The van der Waals surface area contributed by atoms with Gasteiger partial charge in [-0.2, -0.15) is 0 Å². The monoisotopic (exact) mass is 690 g/mol. The van der Waals surface area contributed by atoms with Gasteiger partial charge in [0.2, 0.25) is 0 Å². The van der Waals surface area contributed by atoms with Crippen LogP contribution in [0.2, 0.25) is 0 Å². The second kappa shape index (κ2) is 40.5. The summed E-state index contributed by atoms with van der Waals surface area (Å²) in [7, 11) is 0. The molecule has 0 radical (unpaired) electrons. The Morgan fingerprint density at radius 2 is 0.696 bits per heavy atom. The first-order valence-electron chi connectivity index (χ1n) is 16.8. The smallest absolute Gasteiger partial charge is 0.308 e. The van der Waals surface area contributed by atoms with Gasteiger partial charge in [0.15, 0.2) is 0 Å². The number of hydrogen-bond donors (Lipinski definition) is 0. The average molecular weight is 691 g/mol. The van der Waals surface area contributed by atoms with Gasteiger partial charge in [0, 0.05) is 5.88 Å². The number of ether oxygens (including phenoxy) is 12. The molecule has 0 aliphatic rings. The van der Waals surface area contributed by atoms with Gasteiger partial charge in [-0.25, -0.2) is 0 Å². The first-order chi connectivity index (χ1) is 22.8. The summed E-state index contributed by atoms with van der Waals surface area (Å²) >= 11 is 5.51. The molecule has 0 aliphatic heterocycles. The summed E-state index contributed by atoms with van der Waals surface area (Å²) in [5.41, 5.74) is 0. The normalized spacial score (nSPS) is 12.2. The molecule has 0 N–H and O–H groups in total. The van der Waals surface area contributed by atoms with Gasteiger partial charge in [-0.1, -0.05) is 26.7 Å². The lowest BCUT2D eigenvalue weighted by atomic mass is 10.00. The molecular formula is C32H63ClO13. The minimum absolute atomic E-state index is 0.00373. The predicted molar refractivity (Wildman–Crippen MR) is 174 cm³/mol. The number of carbonyl (C=O) groups excluding carboxylic acids is 1. The first-order valence-corrected chi connectivity index (χ1v) is 17.4. The Morgan fingerprint density at radius 3 is 0.935 bits per heavy atom. The summed E-state index contributed by atoms with van der Waals surface area (Å²) in [6.07, 6.45) is 3.83. The third-order valence-corrected chi connectivity index (χ3v) is 6.30. The molecule has 14 heteroatoms. The van der Waals surface area contributed by atoms with Crippen LogP contribution in [0.3, 0.4) is 0 Å². The van der Waals surface area contributed by atoms with Crippen molar-refractivity contribution in [3.63, 3.8) is 0 Å². The molecule has 0 aliphatic carbocycles. The standard InChI is InChI=1S/C32H63ClO13/c1-3-5-6-31(4-2)32(34)46-30-29-45-28-27-44-26-25-43-24-23-42-22-21-41-20-19-40-18-17-39-16-15-38-14-13-37-12-11-36-10-9-35-8-7-33/h31H,3-30H2,1-2H3. The summed E-state index contributed by atoms with van der Waals surface area (Å²) in [5, 5.41) is 0. The van der Waals surface area contributed by atoms with E-state index in [2.05, 4.69) is 6.92 Å². The Kier molecular flexibility index (Phi) is 39.9. The molecule has 276 valence electrons. The molecular weight excluding hydrogens is 628 g/mol. The van der Waals surface area contributed by atoms with E-state index in [0.717, 1.165) is 25.7 Å². The van der Waals surface area contributed by atoms with Crippen molar-refractivity contribution in [3.05, 3.63) is 0 Å². The van der Waals surface area contributed by atoms with E-state index in [-0.39, 0.29) is 18.5 Å². The van der Waals surface area contributed by atoms with Crippen molar-refractivity contribution in [3.8, 4) is 0 Å². The summed E-state index contributed by atoms with van der Waals surface area (Å²) in [5.74, 6) is 0.371. The van der Waals surface area contributed by atoms with Gasteiger partial charge in [-0.05, 0) is 12.8 Å². The van der Waals surface area contributed by atoms with E-state index in [1.807, 2.05) is 6.92 Å². The highest BCUT2D eigenvalue weighted by molar-refractivity contribution is 6.17. The lowest BCUT2D eigenvalue weighted by Gasteiger charge is -2.13. The van der Waals surface area contributed by atoms with Gasteiger partial charge in [-0.3, -0.25) is 4.79 Å². The summed E-state index contributed by atoms with van der Waals surface area (Å²) < 4.78 is 65.0. The lowest BCUT2D eigenvalue weighted by Crippen LogP contribution is -2.20. The Morgan fingerprint density at radius 1 is 0.435 bits per heavy atom. The van der Waals surface area contributed by atoms with Crippen LogP contribution < -0.4 is 0 Å². The second-order valence-corrected chi connectivity index (χ2v) is 10.2. The van der Waals surface area contributed by atoms with Crippen LogP contribution in [0.15, 0.2) is 0 Å². The quantitative estimate of drug-likeness (QED) is 0.0531. The fourth-order valence-corrected chi connectivity index (χ4v) is 3.72. The predicted octanol–water partition coefficient (Wildman–Crippen LogP) is 3.17. The van der Waals surface area contributed by atoms with E-state index in [9.17, 15) is 4.79 Å². The number of rotatable bonds is 40. The molecule has 0 saturated heterocycles. The van der Waals surface area contributed by atoms with E-state index in [1.165, 1.54) is 0 Å². The van der Waals surface area contributed by atoms with Crippen molar-refractivity contribution in [2.75, 3.05) is 158 Å². The van der Waals surface area contributed by atoms with Crippen molar-refractivity contribution >= 4 is 17.6 Å². The van der Waals surface area contributed by atoms with E-state index in [1.54, 1.807) is 0 Å². The Balaban J connectivity index is 3.13. The zero-order valence-electron chi connectivity index (χ0n) is 28.6. The minimum atomic E-state index is -0.121. The molecule has 0 aromatic rings. The van der Waals surface area contributed by atoms with Crippen molar-refractivity contribution in [2.24, 2.45) is 5.92 Å². The molecule has 0 spiro atoms. The van der Waals surface area contributed by atoms with Crippen LogP contribution in [0.25, 0.3) is 0 Å². The van der Waals surface area contributed by atoms with Crippen LogP contribution in [0.4, 0.5) is 0 Å². The highest BCUT2D eigenvalue weighted by Gasteiger charge is 2.16. The third kappa shape index (κ3) is 36.2. The maximum absolute atomic E-state index is 12.0. The van der Waals surface area contributed by atoms with Crippen LogP contribution in [-0.4, -0.2) is 164 Å². The van der Waals surface area contributed by atoms with Gasteiger partial charge >= 0.3 is 5.97 Å². The Bertz CT molecular complexity index is 592. The van der Waals surface area contributed by atoms with Crippen molar-refractivity contribution < 1.29 is 61.6 Å². The molecule has 0 aromatic heterocycles. The van der Waals surface area contributed by atoms with Crippen molar-refractivity contribution in [2.45, 2.75) is 39.5 Å². The SMILES string of the molecule is CCCCC(CC)C(=O)OCCOCCOCCOCCOCCOCCOCCOCCOCCOCCOCCOCCCl. The maximum atomic E-state index is 12.0. The van der Waals surface area contributed by atoms with Gasteiger partial charge in [0.1, 0.15) is 6.61 Å². The number of alkyl halides is 1. The lowest BCUT2D eigenvalue weighted by molar-refractivity contribution is -0.150. The van der Waals surface area contributed by atoms with Crippen LogP contribution in [0.1, 0.15) is 39.5 Å². The minimum Gasteiger partial charge on any atom is -0.463 e. The van der Waals surface area contributed by atoms with E-state index >= 15 is 0 Å². The van der Waals surface area contributed by atoms with Crippen LogP contribution in [0, 0.1) is 5.92 Å². The van der Waals surface area contributed by atoms with Crippen molar-refractivity contribution in [1.82, 2.24) is 0 Å². The van der Waals surface area contributed by atoms with Gasteiger partial charge < -0.3 is 56.8 Å². The van der Waals surface area contributed by atoms with Crippen LogP contribution in [0.5, 0.6) is 0 Å². The number of unbranched alkanes of at least 4 members (excludes halogenated alkanes) is 1. The molecule has 46 heavy (non-hydrogen) atoms. The largest absolute Gasteiger partial charge is 0.463 e.